The van der Waals surface area contributed by atoms with Crippen LogP contribution in [0.1, 0.15) is 78.1 Å². The van der Waals surface area contributed by atoms with Crippen molar-refractivity contribution in [2.75, 3.05) is 13.2 Å². The van der Waals surface area contributed by atoms with Gasteiger partial charge in [0, 0.05) is 19.0 Å². The number of pyridine rings is 1. The topological polar surface area (TPSA) is 224 Å². The number of aromatic nitrogens is 1. The summed E-state index contributed by atoms with van der Waals surface area (Å²) in [7, 11) is -4.62. The van der Waals surface area contributed by atoms with Crippen LogP contribution in [0.4, 0.5) is 4.39 Å². The van der Waals surface area contributed by atoms with Gasteiger partial charge in [0.2, 0.25) is 11.9 Å². The lowest BCUT2D eigenvalue weighted by Gasteiger charge is -2.26. The van der Waals surface area contributed by atoms with Crippen molar-refractivity contribution in [3.8, 4) is 0 Å². The van der Waals surface area contributed by atoms with Gasteiger partial charge in [0.15, 0.2) is 6.04 Å². The van der Waals surface area contributed by atoms with Gasteiger partial charge >= 0.3 is 31.6 Å². The molecule has 3 N–H and O–H groups in total. The lowest BCUT2D eigenvalue weighted by molar-refractivity contribution is -0.151. The Morgan fingerprint density at radius 1 is 0.571 bits per heavy atom. The number of amides is 2. The number of benzene rings is 4. The Labute approximate surface area is 405 Å². The highest BCUT2D eigenvalue weighted by atomic mass is 31.2. The van der Waals surface area contributed by atoms with Crippen LogP contribution in [-0.2, 0) is 83.0 Å². The van der Waals surface area contributed by atoms with Crippen LogP contribution in [0.15, 0.2) is 140 Å². The predicted molar refractivity (Wildman–Crippen MR) is 252 cm³/mol. The fraction of sp³-hybridized carbons (Fsp3) is 0.314. The van der Waals surface area contributed by atoms with E-state index in [2.05, 4.69) is 20.7 Å². The predicted octanol–water partition coefficient (Wildman–Crippen LogP) is 7.24. The number of nitrogens with one attached hydrogen (secondary N) is 3. The summed E-state index contributed by atoms with van der Waals surface area (Å²) >= 11 is 0. The summed E-state index contributed by atoms with van der Waals surface area (Å²) in [6, 6.07) is 32.8. The zero-order valence-corrected chi connectivity index (χ0v) is 39.5. The highest BCUT2D eigenvalue weighted by Gasteiger charge is 2.36. The third kappa shape index (κ3) is 19.5. The molecule has 370 valence electrons. The smallest absolute Gasteiger partial charge is 0.406 e. The zero-order chi connectivity index (χ0) is 50.0. The second-order valence-electron chi connectivity index (χ2n) is 15.7. The third-order valence-corrected chi connectivity index (χ3v) is 11.8. The van der Waals surface area contributed by atoms with E-state index < -0.39 is 80.5 Å². The number of unbranched alkanes of at least 4 members (excludes halogenated alkanes) is 1. The summed E-state index contributed by atoms with van der Waals surface area (Å²) in [5, 5.41) is 7.63. The molecule has 19 heteroatoms. The average Bonchev–Trinajstić information content (AvgIpc) is 3.38. The molecule has 70 heavy (non-hydrogen) atoms. The number of hydrogen-bond donors (Lipinski definition) is 3. The molecule has 0 radical (unpaired) electrons. The molecule has 0 spiro atoms. The molecule has 0 saturated carbocycles. The van der Waals surface area contributed by atoms with Crippen LogP contribution in [-0.4, -0.2) is 72.0 Å². The van der Waals surface area contributed by atoms with E-state index in [9.17, 15) is 37.7 Å². The molecule has 2 amide bonds. The molecule has 4 unspecified atom stereocenters. The van der Waals surface area contributed by atoms with Crippen molar-refractivity contribution in [2.45, 2.75) is 90.0 Å². The molecule has 4 aromatic carbocycles. The van der Waals surface area contributed by atoms with Crippen molar-refractivity contribution < 1.29 is 65.7 Å². The van der Waals surface area contributed by atoms with Gasteiger partial charge in [-0.25, -0.2) is 24.2 Å². The number of rotatable bonds is 29. The molecule has 0 aliphatic rings. The summed E-state index contributed by atoms with van der Waals surface area (Å²) in [6.07, 6.45) is 0.600. The van der Waals surface area contributed by atoms with E-state index in [-0.39, 0.29) is 57.9 Å². The van der Waals surface area contributed by atoms with Crippen molar-refractivity contribution in [2.24, 2.45) is 0 Å². The van der Waals surface area contributed by atoms with Gasteiger partial charge < -0.3 is 29.6 Å². The molecule has 5 rings (SSSR count). The minimum atomic E-state index is -4.62. The minimum absolute atomic E-state index is 0.0210. The Bertz CT molecular complexity index is 2470. The second kappa shape index (κ2) is 29.0. The number of halogens is 1. The summed E-state index contributed by atoms with van der Waals surface area (Å²) in [4.78, 5) is 84.1. The highest BCUT2D eigenvalue weighted by molar-refractivity contribution is 7.51. The van der Waals surface area contributed by atoms with E-state index in [1.54, 1.807) is 115 Å². The lowest BCUT2D eigenvalue weighted by atomic mass is 10.1. The first kappa shape index (κ1) is 53.8. The highest BCUT2D eigenvalue weighted by Crippen LogP contribution is 2.45. The monoisotopic (exact) mass is 982 g/mol. The van der Waals surface area contributed by atoms with Crippen molar-refractivity contribution in [1.29, 1.82) is 0 Å². The summed E-state index contributed by atoms with van der Waals surface area (Å²) in [5.41, 5.74) is 2.59. The van der Waals surface area contributed by atoms with Crippen molar-refractivity contribution in [1.82, 2.24) is 20.7 Å². The first-order valence-corrected chi connectivity index (χ1v) is 24.1. The third-order valence-electron chi connectivity index (χ3n) is 10.2. The zero-order valence-electron chi connectivity index (χ0n) is 38.6. The molecule has 4 atom stereocenters. The van der Waals surface area contributed by atoms with E-state index in [4.69, 9.17) is 28.0 Å². The Kier molecular flexibility index (Phi) is 22.3. The Morgan fingerprint density at radius 2 is 1.04 bits per heavy atom. The summed E-state index contributed by atoms with van der Waals surface area (Å²) in [5.74, 6) is -5.90. The van der Waals surface area contributed by atoms with Crippen LogP contribution in [0, 0.1) is 5.95 Å². The maximum atomic E-state index is 14.7. The van der Waals surface area contributed by atoms with Crippen LogP contribution < -0.4 is 15.7 Å². The van der Waals surface area contributed by atoms with Gasteiger partial charge in [0.25, 0.3) is 5.91 Å². The SMILES string of the molecule is CCCCOP(=O)(NC(CCC(=O)OCc1ccccc1)C(=O)OCc1ccccc1)OCC(NC(=O)CCC(NC(=O)c1ccc(F)nc1)C(=O)OCc1ccccc1)C(=O)OCc1ccccc1. The van der Waals surface area contributed by atoms with Gasteiger partial charge in [0.1, 0.15) is 38.5 Å². The van der Waals surface area contributed by atoms with Crippen molar-refractivity contribution in [3.05, 3.63) is 173 Å². The molecule has 0 aliphatic carbocycles. The Morgan fingerprint density at radius 3 is 1.53 bits per heavy atom. The summed E-state index contributed by atoms with van der Waals surface area (Å²) < 4.78 is 61.8. The standard InChI is InChI=1S/C51H56FN4O13P/c1-2-3-30-68-70(63,56-43(50(61)66-34-39-20-12-6-13-21-39)26-29-47(58)64-32-37-16-8-4-9-17-37)69-36-44(51(62)67-35-40-22-14-7-15-23-40)54-46(57)28-25-42(49(60)65-33-38-18-10-5-11-19-38)55-48(59)41-24-27-45(52)53-31-41/h4-24,27,31,42-44H,2-3,25-26,28-30,32-36H2,1H3,(H,54,57)(H,55,59)(H,56,63). The van der Waals surface area contributed by atoms with Gasteiger partial charge in [-0.3, -0.25) is 28.2 Å². The Balaban J connectivity index is 1.32. The van der Waals surface area contributed by atoms with Crippen LogP contribution in [0.5, 0.6) is 0 Å². The quantitative estimate of drug-likeness (QED) is 0.0141. The van der Waals surface area contributed by atoms with Crippen LogP contribution in [0.2, 0.25) is 0 Å². The minimum Gasteiger partial charge on any atom is -0.461 e. The molecule has 0 bridgehead atoms. The molecule has 0 aliphatic heterocycles. The largest absolute Gasteiger partial charge is 0.461 e. The van der Waals surface area contributed by atoms with E-state index in [0.717, 1.165) is 17.8 Å². The van der Waals surface area contributed by atoms with Crippen LogP contribution in [0.3, 0.4) is 0 Å². The molecule has 5 aromatic rings. The normalized spacial score (nSPS) is 13.1. The van der Waals surface area contributed by atoms with Crippen molar-refractivity contribution in [3.63, 3.8) is 0 Å². The molecule has 0 fully saturated rings. The first-order chi connectivity index (χ1) is 33.9. The van der Waals surface area contributed by atoms with Crippen LogP contribution >= 0.6 is 7.75 Å². The van der Waals surface area contributed by atoms with E-state index >= 15 is 0 Å². The van der Waals surface area contributed by atoms with Gasteiger partial charge in [0.05, 0.1) is 18.8 Å². The second-order valence-corrected chi connectivity index (χ2v) is 17.5. The van der Waals surface area contributed by atoms with Crippen molar-refractivity contribution >= 4 is 43.4 Å². The van der Waals surface area contributed by atoms with Gasteiger partial charge in [-0.1, -0.05) is 135 Å². The maximum Gasteiger partial charge on any atom is 0.406 e. The number of ether oxygens (including phenoxy) is 4. The number of carbonyl (C=O) groups is 6. The molecule has 1 aromatic heterocycles. The molecule has 1 heterocycles. The van der Waals surface area contributed by atoms with E-state index in [0.29, 0.717) is 29.5 Å². The first-order valence-electron chi connectivity index (χ1n) is 22.6. The lowest BCUT2D eigenvalue weighted by Crippen LogP contribution is -2.47. The number of nitrogens with zero attached hydrogens (tertiary/aromatic N) is 1. The van der Waals surface area contributed by atoms with Gasteiger partial charge in [-0.2, -0.15) is 4.39 Å². The van der Waals surface area contributed by atoms with E-state index in [1.807, 2.05) is 13.0 Å². The maximum absolute atomic E-state index is 14.7. The van der Waals surface area contributed by atoms with E-state index in [1.165, 1.54) is 6.07 Å². The van der Waals surface area contributed by atoms with Crippen LogP contribution in [0.25, 0.3) is 0 Å². The molecular formula is C51H56FN4O13P. The molecular weight excluding hydrogens is 927 g/mol. The number of esters is 4. The average molecular weight is 983 g/mol. The number of hydrogen-bond acceptors (Lipinski definition) is 14. The molecule has 17 nitrogen and oxygen atoms in total. The van der Waals surface area contributed by atoms with Gasteiger partial charge in [-0.05, 0) is 53.6 Å². The van der Waals surface area contributed by atoms with Gasteiger partial charge in [-0.15, -0.1) is 0 Å². The number of carbonyl (C=O) groups excluding carboxylic acids is 6. The fourth-order valence-corrected chi connectivity index (χ4v) is 7.87. The summed E-state index contributed by atoms with van der Waals surface area (Å²) in [6.45, 7) is 0.372. The Hall–Kier alpha value is -7.11. The fourth-order valence-electron chi connectivity index (χ4n) is 6.31. The molecule has 0 saturated heterocycles.